The molecule has 24 heavy (non-hydrogen) atoms. The summed E-state index contributed by atoms with van der Waals surface area (Å²) in [6, 6.07) is 16.7. The van der Waals surface area contributed by atoms with Gasteiger partial charge in [-0.3, -0.25) is 9.88 Å². The zero-order valence-corrected chi connectivity index (χ0v) is 14.2. The molecule has 0 spiro atoms. The van der Waals surface area contributed by atoms with Gasteiger partial charge in [-0.05, 0) is 31.0 Å². The van der Waals surface area contributed by atoms with Crippen molar-refractivity contribution >= 4 is 0 Å². The van der Waals surface area contributed by atoms with Crippen LogP contribution >= 0.6 is 0 Å². The number of rotatable bonds is 8. The molecule has 0 atom stereocenters. The van der Waals surface area contributed by atoms with Gasteiger partial charge < -0.3 is 4.57 Å². The lowest BCUT2D eigenvalue weighted by atomic mass is 10.1. The van der Waals surface area contributed by atoms with Crippen LogP contribution in [0.4, 0.5) is 0 Å². The Labute approximate surface area is 143 Å². The van der Waals surface area contributed by atoms with E-state index in [9.17, 15) is 0 Å². The van der Waals surface area contributed by atoms with Gasteiger partial charge in [-0.1, -0.05) is 36.4 Å². The lowest BCUT2D eigenvalue weighted by Crippen LogP contribution is -2.27. The second-order valence-corrected chi connectivity index (χ2v) is 5.94. The van der Waals surface area contributed by atoms with E-state index >= 15 is 0 Å². The topological polar surface area (TPSA) is 34.0 Å². The van der Waals surface area contributed by atoms with E-state index in [1.54, 1.807) is 0 Å². The van der Waals surface area contributed by atoms with Crippen LogP contribution in [0.1, 0.15) is 23.9 Å². The van der Waals surface area contributed by atoms with Gasteiger partial charge >= 0.3 is 0 Å². The number of benzene rings is 1. The Hall–Kier alpha value is -2.46. The zero-order chi connectivity index (χ0) is 16.6. The Morgan fingerprint density at radius 2 is 1.83 bits per heavy atom. The smallest absolute Gasteiger partial charge is 0.0948 e. The number of imidazole rings is 1. The first kappa shape index (κ1) is 16.4. The predicted molar refractivity (Wildman–Crippen MR) is 96.4 cm³/mol. The molecular formula is C20H24N4. The molecular weight excluding hydrogens is 296 g/mol. The summed E-state index contributed by atoms with van der Waals surface area (Å²) in [6.45, 7) is 5.83. The van der Waals surface area contributed by atoms with E-state index in [-0.39, 0.29) is 0 Å². The van der Waals surface area contributed by atoms with Gasteiger partial charge in [-0.15, -0.1) is 0 Å². The highest BCUT2D eigenvalue weighted by atomic mass is 15.2. The lowest BCUT2D eigenvalue weighted by Gasteiger charge is -2.22. The molecule has 124 valence electrons. The number of aromatic nitrogens is 3. The largest absolute Gasteiger partial charge is 0.334 e. The minimum absolute atomic E-state index is 0.850. The molecule has 2 aromatic heterocycles. The fraction of sp³-hybridized carbons (Fsp3) is 0.300. The molecule has 3 rings (SSSR count). The van der Waals surface area contributed by atoms with Gasteiger partial charge in [0.25, 0.3) is 0 Å². The Balaban J connectivity index is 1.70. The second kappa shape index (κ2) is 8.41. The Bertz CT molecular complexity index is 722. The Morgan fingerprint density at radius 3 is 2.58 bits per heavy atom. The van der Waals surface area contributed by atoms with Crippen LogP contribution in [0.2, 0.25) is 0 Å². The molecule has 0 unspecified atom stereocenters. The maximum Gasteiger partial charge on any atom is 0.0948 e. The highest BCUT2D eigenvalue weighted by Gasteiger charge is 2.11. The average Bonchev–Trinajstić information content (AvgIpc) is 3.08. The number of nitrogens with zero attached hydrogens (tertiary/aromatic N) is 4. The minimum atomic E-state index is 0.850. The van der Waals surface area contributed by atoms with Crippen molar-refractivity contribution in [2.75, 3.05) is 6.54 Å². The predicted octanol–water partition coefficient (Wildman–Crippen LogP) is 3.54. The molecule has 0 saturated carbocycles. The molecule has 0 aliphatic carbocycles. The van der Waals surface area contributed by atoms with Gasteiger partial charge in [0, 0.05) is 38.6 Å². The van der Waals surface area contributed by atoms with E-state index < -0.39 is 0 Å². The summed E-state index contributed by atoms with van der Waals surface area (Å²) >= 11 is 0. The molecule has 0 N–H and O–H groups in total. The molecule has 0 amide bonds. The minimum Gasteiger partial charge on any atom is -0.334 e. The van der Waals surface area contributed by atoms with Crippen molar-refractivity contribution in [2.45, 2.75) is 33.0 Å². The second-order valence-electron chi connectivity index (χ2n) is 5.94. The van der Waals surface area contributed by atoms with E-state index in [1.807, 2.05) is 30.9 Å². The number of hydrogen-bond donors (Lipinski definition) is 0. The molecule has 0 radical (unpaired) electrons. The third-order valence-electron chi connectivity index (χ3n) is 4.20. The van der Waals surface area contributed by atoms with Gasteiger partial charge in [0.2, 0.25) is 0 Å². The highest BCUT2D eigenvalue weighted by molar-refractivity contribution is 5.15. The van der Waals surface area contributed by atoms with E-state index in [1.165, 1.54) is 11.3 Å². The first-order valence-corrected chi connectivity index (χ1v) is 8.50. The summed E-state index contributed by atoms with van der Waals surface area (Å²) in [7, 11) is 0. The quantitative estimate of drug-likeness (QED) is 0.636. The van der Waals surface area contributed by atoms with Crippen LogP contribution in [0.5, 0.6) is 0 Å². The van der Waals surface area contributed by atoms with Crippen molar-refractivity contribution in [3.63, 3.8) is 0 Å². The summed E-state index contributed by atoms with van der Waals surface area (Å²) in [5.74, 6) is 0. The summed E-state index contributed by atoms with van der Waals surface area (Å²) in [5.41, 5.74) is 3.72. The van der Waals surface area contributed by atoms with Crippen molar-refractivity contribution < 1.29 is 0 Å². The maximum atomic E-state index is 4.48. The molecule has 3 aromatic rings. The van der Waals surface area contributed by atoms with Gasteiger partial charge in [-0.2, -0.15) is 0 Å². The summed E-state index contributed by atoms with van der Waals surface area (Å²) in [6.07, 6.45) is 6.78. The highest BCUT2D eigenvalue weighted by Crippen LogP contribution is 2.10. The number of pyridine rings is 1. The van der Waals surface area contributed by atoms with Crippen molar-refractivity contribution in [2.24, 2.45) is 0 Å². The van der Waals surface area contributed by atoms with Crippen LogP contribution in [-0.2, 0) is 26.1 Å². The molecule has 2 heterocycles. The molecule has 0 fully saturated rings. The van der Waals surface area contributed by atoms with E-state index in [4.69, 9.17) is 0 Å². The molecule has 1 aromatic carbocycles. The fourth-order valence-corrected chi connectivity index (χ4v) is 2.86. The zero-order valence-electron chi connectivity index (χ0n) is 14.2. The molecule has 4 heteroatoms. The van der Waals surface area contributed by atoms with Crippen LogP contribution in [0.25, 0.3) is 0 Å². The Morgan fingerprint density at radius 1 is 1.00 bits per heavy atom. The Kier molecular flexibility index (Phi) is 5.75. The van der Waals surface area contributed by atoms with E-state index in [0.717, 1.165) is 38.3 Å². The van der Waals surface area contributed by atoms with Crippen molar-refractivity contribution in [3.05, 3.63) is 84.2 Å². The standard InChI is InChI=1S/C20H24N4/c1-2-24-17-21-14-20(24)16-23(15-19-10-6-7-12-22-19)13-11-18-8-4-3-5-9-18/h3-10,12,14,17H,2,11,13,15-16H2,1H3. The number of aryl methyl sites for hydroxylation is 1. The van der Waals surface area contributed by atoms with Gasteiger partial charge in [0.05, 0.1) is 17.7 Å². The summed E-state index contributed by atoms with van der Waals surface area (Å²) < 4.78 is 2.20. The summed E-state index contributed by atoms with van der Waals surface area (Å²) in [5, 5.41) is 0. The SMILES string of the molecule is CCn1cncc1CN(CCc1ccccc1)Cc1ccccn1. The van der Waals surface area contributed by atoms with E-state index in [0.29, 0.717) is 0 Å². The van der Waals surface area contributed by atoms with Gasteiger partial charge in [0.15, 0.2) is 0 Å². The molecule has 0 saturated heterocycles. The van der Waals surface area contributed by atoms with Gasteiger partial charge in [0.1, 0.15) is 0 Å². The van der Waals surface area contributed by atoms with E-state index in [2.05, 4.69) is 62.8 Å². The monoisotopic (exact) mass is 320 g/mol. The molecule has 0 aliphatic heterocycles. The van der Waals surface area contributed by atoms with Crippen molar-refractivity contribution in [1.82, 2.24) is 19.4 Å². The van der Waals surface area contributed by atoms with Crippen LogP contribution in [0.3, 0.4) is 0 Å². The number of hydrogen-bond acceptors (Lipinski definition) is 3. The first-order valence-electron chi connectivity index (χ1n) is 8.50. The normalized spacial score (nSPS) is 11.1. The third-order valence-corrected chi connectivity index (χ3v) is 4.20. The van der Waals surface area contributed by atoms with Crippen LogP contribution in [0, 0.1) is 0 Å². The van der Waals surface area contributed by atoms with Crippen molar-refractivity contribution in [1.29, 1.82) is 0 Å². The molecule has 0 bridgehead atoms. The average molecular weight is 320 g/mol. The van der Waals surface area contributed by atoms with Crippen LogP contribution in [0.15, 0.2) is 67.3 Å². The van der Waals surface area contributed by atoms with Gasteiger partial charge in [-0.25, -0.2) is 4.98 Å². The van der Waals surface area contributed by atoms with Crippen molar-refractivity contribution in [3.8, 4) is 0 Å². The maximum absolute atomic E-state index is 4.48. The molecule has 0 aliphatic rings. The fourth-order valence-electron chi connectivity index (χ4n) is 2.86. The van der Waals surface area contributed by atoms with Crippen LogP contribution in [-0.4, -0.2) is 26.0 Å². The molecule has 4 nitrogen and oxygen atoms in total. The third kappa shape index (κ3) is 4.52. The first-order chi connectivity index (χ1) is 11.8. The summed E-state index contributed by atoms with van der Waals surface area (Å²) in [4.78, 5) is 11.2. The van der Waals surface area contributed by atoms with Crippen LogP contribution < -0.4 is 0 Å². The lowest BCUT2D eigenvalue weighted by molar-refractivity contribution is 0.250.